The number of aliphatic imine (C=N–C) groups is 1. The second kappa shape index (κ2) is 26.8. The summed E-state index contributed by atoms with van der Waals surface area (Å²) >= 11 is 7.41. The summed E-state index contributed by atoms with van der Waals surface area (Å²) in [7, 11) is 1.48. The number of ether oxygens (including phenoxy) is 1. The van der Waals surface area contributed by atoms with E-state index in [0.29, 0.717) is 118 Å². The fraction of sp³-hybridized carbons (Fsp3) is 0.362. The number of phenols is 1. The van der Waals surface area contributed by atoms with E-state index < -0.39 is 72.2 Å². The number of para-hydroxylation sites is 1. The molecule has 89 heavy (non-hydrogen) atoms. The highest BCUT2D eigenvalue weighted by molar-refractivity contribution is 7.15. The summed E-state index contributed by atoms with van der Waals surface area (Å²) in [6, 6.07) is 5.90. The van der Waals surface area contributed by atoms with Crippen LogP contribution in [0.1, 0.15) is 133 Å². The zero-order valence-corrected chi connectivity index (χ0v) is 53.7. The van der Waals surface area contributed by atoms with Crippen LogP contribution >= 0.6 is 68.0 Å². The normalized spacial score (nSPS) is 19.1. The van der Waals surface area contributed by atoms with Crippen LogP contribution < -0.4 is 32.3 Å². The number of carbonyl (C=O) groups excluding carboxylic acids is 7. The number of amides is 7. The van der Waals surface area contributed by atoms with Gasteiger partial charge in [0.1, 0.15) is 94.3 Å². The van der Waals surface area contributed by atoms with Crippen molar-refractivity contribution in [3.8, 4) is 49.1 Å². The van der Waals surface area contributed by atoms with Gasteiger partial charge in [0.25, 0.3) is 23.6 Å². The van der Waals surface area contributed by atoms with Crippen molar-refractivity contribution in [1.82, 2.24) is 71.3 Å². The number of phenolic OH excluding ortho intramolecular Hbond substituents is 1. The number of aryl methyl sites for hydroxylation is 1. The van der Waals surface area contributed by atoms with E-state index in [1.54, 1.807) is 58.8 Å². The summed E-state index contributed by atoms with van der Waals surface area (Å²) in [5.74, 6) is -3.80. The topological polar surface area (TPSA) is 344 Å². The van der Waals surface area contributed by atoms with Gasteiger partial charge >= 0.3 is 0 Å². The largest absolute Gasteiger partial charge is 0.508 e. The van der Waals surface area contributed by atoms with Gasteiger partial charge in [-0.15, -0.1) is 68.0 Å². The quantitative estimate of drug-likeness (QED) is 0.0673. The molecule has 7 aromatic heterocycles. The maximum Gasteiger partial charge on any atom is 0.271 e. The Morgan fingerprint density at radius 2 is 1.47 bits per heavy atom. The smallest absolute Gasteiger partial charge is 0.271 e. The van der Waals surface area contributed by atoms with Crippen LogP contribution in [0, 0.1) is 12.8 Å². The Kier molecular flexibility index (Phi) is 18.7. The lowest BCUT2D eigenvalue weighted by Crippen LogP contribution is -2.47. The molecule has 7 amide bonds. The molecular formula is C58H60N16O9S6. The number of pyridine rings is 1. The van der Waals surface area contributed by atoms with Crippen molar-refractivity contribution in [2.24, 2.45) is 16.6 Å². The van der Waals surface area contributed by atoms with Gasteiger partial charge in [0, 0.05) is 57.7 Å². The number of benzene rings is 1. The molecule has 0 aliphatic carbocycles. The van der Waals surface area contributed by atoms with Gasteiger partial charge in [0.05, 0.1) is 35.6 Å². The van der Waals surface area contributed by atoms with Gasteiger partial charge in [-0.1, -0.05) is 45.9 Å². The van der Waals surface area contributed by atoms with E-state index in [9.17, 15) is 38.7 Å². The zero-order chi connectivity index (χ0) is 62.8. The van der Waals surface area contributed by atoms with Crippen LogP contribution in [0.4, 0.5) is 0 Å². The molecule has 1 saturated heterocycles. The Bertz CT molecular complexity index is 4070. The number of thiazole rings is 6. The number of nitrogens with two attached hydrogens (primary N) is 1. The van der Waals surface area contributed by atoms with Crippen LogP contribution in [-0.4, -0.2) is 149 Å². The molecule has 10 heterocycles. The number of likely N-dealkylation sites (tertiary alicyclic amines) is 1. The predicted octanol–water partition coefficient (Wildman–Crippen LogP) is 6.65. The number of hydrogen-bond donors (Lipinski definition) is 7. The van der Waals surface area contributed by atoms with Crippen molar-refractivity contribution < 1.29 is 43.4 Å². The number of carbonyl (C=O) groups is 7. The lowest BCUT2D eigenvalue weighted by atomic mass is 10.0. The first kappa shape index (κ1) is 62.3. The standard InChI is InChI=1S/C58H60N16O9S6/c1-7-73(8-2)20-39-46-49(80)61-19-41(77)69-45(28-12-9-10-14-38(28)75)56-68-36(25-87-56)54-65-33(22-85-54)44-29(15-16-30(62-44)53-67-35(24-86-53)51-64-32(21-83-51)58(82)74-17-11-13-37(74)47(59)78)52-66-34(23-84-52)48(79)63-31(18-40(76)60-6)55-71-43(27(5)88-55)50(81)70-42(26(3)4)57(72-46)89-39/h9-10,12,14-16,22-26,31-32,37,42,45,75H,7-8,11,13,17-21H2,1-6H3,(H2,59,78)(H,60,76)(H,61,80)(H,63,79)(H,69,77)(H,70,81)/t31-,32?,37-,42+,45?/m0/s1. The summed E-state index contributed by atoms with van der Waals surface area (Å²) in [6.45, 7) is 11.2. The minimum absolute atomic E-state index is 0.0300. The molecule has 2 unspecified atom stereocenters. The molecule has 11 rings (SSSR count). The number of rotatable bonds is 12. The van der Waals surface area contributed by atoms with E-state index in [0.717, 1.165) is 11.3 Å². The first-order valence-electron chi connectivity index (χ1n) is 28.4. The second-order valence-corrected chi connectivity index (χ2v) is 27.0. The Balaban J connectivity index is 0.973. The SMILES string of the molecule is CCN(CC)Cc1sc2nc1C(=O)NCC(=O)NC(c1ccccc1O)c1nc(cs1)-c1nc(cs1)-c1nc(-c3nc(C4=NC(C(=O)N5CCC[C@H]5C(N)=O)CO4)cs3)ccc1-c1nc(cs1)C(=O)N[C@@H](CC(=O)NC)c1nc(c(C)s1)C(=O)N[C@@H]2C(C)C. The van der Waals surface area contributed by atoms with Gasteiger partial charge in [-0.2, -0.15) is 0 Å². The van der Waals surface area contributed by atoms with Crippen LogP contribution in [0.3, 0.4) is 0 Å². The molecular weight excluding hydrogens is 1260 g/mol. The van der Waals surface area contributed by atoms with Crippen LogP contribution in [0.2, 0.25) is 0 Å². The molecule has 8 aromatic rings. The molecule has 10 bridgehead atoms. The fourth-order valence-electron chi connectivity index (χ4n) is 10.2. The molecule has 3 aliphatic rings. The summed E-state index contributed by atoms with van der Waals surface area (Å²) in [5, 5.41) is 35.1. The molecule has 462 valence electrons. The molecule has 0 spiro atoms. The molecule has 3 aliphatic heterocycles. The Morgan fingerprint density at radius 1 is 0.764 bits per heavy atom. The molecule has 8 N–H and O–H groups in total. The van der Waals surface area contributed by atoms with Gasteiger partial charge in [-0.25, -0.2) is 39.9 Å². The molecule has 0 radical (unpaired) electrons. The van der Waals surface area contributed by atoms with Gasteiger partial charge < -0.3 is 47.1 Å². The summed E-state index contributed by atoms with van der Waals surface area (Å²) < 4.78 is 5.90. The summed E-state index contributed by atoms with van der Waals surface area (Å²) in [6.07, 6.45) is 0.922. The monoisotopic (exact) mass is 1320 g/mol. The maximum atomic E-state index is 14.4. The zero-order valence-electron chi connectivity index (χ0n) is 48.8. The van der Waals surface area contributed by atoms with Gasteiger partial charge in [-0.3, -0.25) is 38.5 Å². The van der Waals surface area contributed by atoms with Crippen molar-refractivity contribution in [3.05, 3.63) is 111 Å². The maximum absolute atomic E-state index is 14.4. The average molecular weight is 1320 g/mol. The van der Waals surface area contributed by atoms with Crippen LogP contribution in [0.15, 0.2) is 62.9 Å². The van der Waals surface area contributed by atoms with E-state index in [2.05, 4.69) is 36.5 Å². The van der Waals surface area contributed by atoms with Gasteiger partial charge in [-0.05, 0) is 57.0 Å². The number of primary amides is 1. The third kappa shape index (κ3) is 13.4. The predicted molar refractivity (Wildman–Crippen MR) is 339 cm³/mol. The minimum Gasteiger partial charge on any atom is -0.508 e. The van der Waals surface area contributed by atoms with Crippen molar-refractivity contribution in [3.63, 3.8) is 0 Å². The van der Waals surface area contributed by atoms with E-state index in [4.69, 9.17) is 45.4 Å². The van der Waals surface area contributed by atoms with E-state index in [1.165, 1.54) is 74.7 Å². The van der Waals surface area contributed by atoms with E-state index >= 15 is 0 Å². The first-order chi connectivity index (χ1) is 42.9. The van der Waals surface area contributed by atoms with Crippen molar-refractivity contribution in [2.45, 2.75) is 90.6 Å². The van der Waals surface area contributed by atoms with Gasteiger partial charge in [0.2, 0.25) is 23.6 Å². The van der Waals surface area contributed by atoms with Gasteiger partial charge in [0.15, 0.2) is 6.04 Å². The Hall–Kier alpha value is -8.33. The number of fused-ring (bicyclic) bond motifs is 14. The summed E-state index contributed by atoms with van der Waals surface area (Å²) in [5.41, 5.74) is 8.73. The highest BCUT2D eigenvalue weighted by Gasteiger charge is 2.39. The van der Waals surface area contributed by atoms with Crippen molar-refractivity contribution in [2.75, 3.05) is 39.8 Å². The molecule has 25 nitrogen and oxygen atoms in total. The first-order valence-corrected chi connectivity index (χ1v) is 33.6. The number of hydrogen-bond acceptors (Lipinski definition) is 24. The van der Waals surface area contributed by atoms with E-state index in [1.807, 2.05) is 27.7 Å². The molecule has 0 saturated carbocycles. The third-order valence-electron chi connectivity index (χ3n) is 15.0. The number of nitrogens with one attached hydrogen (secondary N) is 5. The lowest BCUT2D eigenvalue weighted by Gasteiger charge is -2.23. The highest BCUT2D eigenvalue weighted by atomic mass is 32.1. The number of nitrogens with zero attached hydrogens (tertiary/aromatic N) is 10. The van der Waals surface area contributed by atoms with Crippen LogP contribution in [0.5, 0.6) is 5.75 Å². The fourth-order valence-corrected chi connectivity index (χ4v) is 15.8. The van der Waals surface area contributed by atoms with Crippen LogP contribution in [0.25, 0.3) is 43.4 Å². The highest BCUT2D eigenvalue weighted by Crippen LogP contribution is 2.40. The molecule has 1 aromatic carbocycles. The lowest BCUT2D eigenvalue weighted by molar-refractivity contribution is -0.138. The third-order valence-corrected chi connectivity index (χ3v) is 20.7. The second-order valence-electron chi connectivity index (χ2n) is 21.2. The number of aromatic hydroxyl groups is 1. The van der Waals surface area contributed by atoms with Crippen molar-refractivity contribution in [1.29, 1.82) is 0 Å². The van der Waals surface area contributed by atoms with Crippen LogP contribution in [-0.2, 0) is 30.5 Å². The summed E-state index contributed by atoms with van der Waals surface area (Å²) in [4.78, 5) is 140. The number of aromatic nitrogens is 7. The molecule has 1 fully saturated rings. The van der Waals surface area contributed by atoms with Crippen molar-refractivity contribution >= 4 is 115 Å². The minimum atomic E-state index is -0.987. The average Bonchev–Trinajstić information content (AvgIpc) is 2.95. The van der Waals surface area contributed by atoms with E-state index in [-0.39, 0.29) is 53.6 Å². The Labute approximate surface area is 533 Å². The molecule has 31 heteroatoms. The Morgan fingerprint density at radius 3 is 2.22 bits per heavy atom. The molecule has 5 atom stereocenters.